The third kappa shape index (κ3) is 2.34. The number of hydrogen-bond donors (Lipinski definition) is 1. The van der Waals surface area contributed by atoms with E-state index in [0.29, 0.717) is 5.69 Å². The second-order valence-corrected chi connectivity index (χ2v) is 4.62. The Hall–Kier alpha value is -2.43. The normalized spacial score (nSPS) is 10.4. The van der Waals surface area contributed by atoms with Gasteiger partial charge < -0.3 is 9.84 Å². The fraction of sp³-hybridized carbons (Fsp3) is 0.267. The molecule has 104 valence electrons. The molecule has 5 nitrogen and oxygen atoms in total. The first-order chi connectivity index (χ1) is 9.45. The Bertz CT molecular complexity index is 681. The van der Waals surface area contributed by atoms with E-state index in [4.69, 9.17) is 9.84 Å². The van der Waals surface area contributed by atoms with Crippen molar-refractivity contribution in [2.24, 2.45) is 0 Å². The summed E-state index contributed by atoms with van der Waals surface area (Å²) < 4.78 is 5.38. The molecule has 0 unspecified atom stereocenters. The van der Waals surface area contributed by atoms with Gasteiger partial charge in [0.25, 0.3) is 0 Å². The fourth-order valence-corrected chi connectivity index (χ4v) is 2.26. The average molecular weight is 272 g/mol. The molecule has 20 heavy (non-hydrogen) atoms. The van der Waals surface area contributed by atoms with Crippen molar-refractivity contribution in [1.29, 1.82) is 0 Å². The lowest BCUT2D eigenvalue weighted by Gasteiger charge is -2.15. The van der Waals surface area contributed by atoms with Crippen LogP contribution in [0, 0.1) is 20.8 Å². The van der Waals surface area contributed by atoms with Crippen LogP contribution in [0.2, 0.25) is 0 Å². The molecule has 1 heterocycles. The van der Waals surface area contributed by atoms with E-state index in [0.717, 1.165) is 28.0 Å². The highest BCUT2D eigenvalue weighted by Crippen LogP contribution is 2.33. The highest BCUT2D eigenvalue weighted by molar-refractivity contribution is 5.86. The highest BCUT2D eigenvalue weighted by atomic mass is 16.5. The van der Waals surface area contributed by atoms with Crippen molar-refractivity contribution in [1.82, 2.24) is 9.97 Å². The van der Waals surface area contributed by atoms with Gasteiger partial charge in [-0.25, -0.2) is 14.8 Å². The highest BCUT2D eigenvalue weighted by Gasteiger charge is 2.14. The lowest BCUT2D eigenvalue weighted by atomic mass is 9.96. The van der Waals surface area contributed by atoms with E-state index in [-0.39, 0.29) is 5.69 Å². The SMILES string of the molecule is COc1c(C)cc(-c2cc(C(=O)O)ncn2)c(C)c1C. The zero-order valence-corrected chi connectivity index (χ0v) is 11.9. The minimum absolute atomic E-state index is 0.0134. The zero-order chi connectivity index (χ0) is 14.9. The van der Waals surface area contributed by atoms with Gasteiger partial charge in [-0.3, -0.25) is 0 Å². The molecule has 0 spiro atoms. The van der Waals surface area contributed by atoms with Crippen LogP contribution in [0.5, 0.6) is 5.75 Å². The standard InChI is InChI=1S/C15H16N2O3/c1-8-5-11(9(2)10(3)14(8)20-4)12-6-13(15(18)19)17-7-16-12/h5-7H,1-4H3,(H,18,19). The number of carboxylic acid groups (broad SMARTS) is 1. The predicted octanol–water partition coefficient (Wildman–Crippen LogP) is 2.78. The molecule has 0 aliphatic heterocycles. The topological polar surface area (TPSA) is 72.3 Å². The van der Waals surface area contributed by atoms with Crippen LogP contribution in [0.15, 0.2) is 18.5 Å². The predicted molar refractivity (Wildman–Crippen MR) is 75.2 cm³/mol. The number of hydrogen-bond acceptors (Lipinski definition) is 4. The van der Waals surface area contributed by atoms with Gasteiger partial charge in [0.1, 0.15) is 12.1 Å². The molecule has 0 bridgehead atoms. The van der Waals surface area contributed by atoms with Gasteiger partial charge >= 0.3 is 5.97 Å². The number of carbonyl (C=O) groups is 1. The van der Waals surface area contributed by atoms with Gasteiger partial charge in [-0.1, -0.05) is 0 Å². The van der Waals surface area contributed by atoms with E-state index in [9.17, 15) is 4.79 Å². The van der Waals surface area contributed by atoms with Crippen molar-refractivity contribution in [3.63, 3.8) is 0 Å². The number of ether oxygens (including phenoxy) is 1. The molecule has 0 fully saturated rings. The zero-order valence-electron chi connectivity index (χ0n) is 11.9. The van der Waals surface area contributed by atoms with Crippen molar-refractivity contribution in [2.45, 2.75) is 20.8 Å². The molecule has 5 heteroatoms. The molecule has 0 radical (unpaired) electrons. The molecule has 1 aromatic carbocycles. The lowest BCUT2D eigenvalue weighted by molar-refractivity contribution is 0.0690. The first-order valence-corrected chi connectivity index (χ1v) is 6.16. The summed E-state index contributed by atoms with van der Waals surface area (Å²) in [6.07, 6.45) is 1.27. The summed E-state index contributed by atoms with van der Waals surface area (Å²) in [6, 6.07) is 3.44. The maximum Gasteiger partial charge on any atom is 0.354 e. The molecular weight excluding hydrogens is 256 g/mol. The quantitative estimate of drug-likeness (QED) is 0.930. The molecule has 0 saturated carbocycles. The minimum atomic E-state index is -1.06. The summed E-state index contributed by atoms with van der Waals surface area (Å²) in [5, 5.41) is 9.01. The van der Waals surface area contributed by atoms with Gasteiger partial charge in [0.2, 0.25) is 0 Å². The third-order valence-corrected chi connectivity index (χ3v) is 3.39. The van der Waals surface area contributed by atoms with Crippen molar-refractivity contribution in [2.75, 3.05) is 7.11 Å². The van der Waals surface area contributed by atoms with Crippen LogP contribution in [-0.2, 0) is 0 Å². The van der Waals surface area contributed by atoms with Crippen LogP contribution in [0.4, 0.5) is 0 Å². The molecule has 0 aliphatic carbocycles. The maximum atomic E-state index is 11.0. The Kier molecular flexibility index (Phi) is 3.70. The number of aromatic carboxylic acids is 1. The van der Waals surface area contributed by atoms with Gasteiger partial charge in [0.15, 0.2) is 5.69 Å². The third-order valence-electron chi connectivity index (χ3n) is 3.39. The van der Waals surface area contributed by atoms with Gasteiger partial charge in [-0.15, -0.1) is 0 Å². The van der Waals surface area contributed by atoms with E-state index in [1.165, 1.54) is 12.4 Å². The summed E-state index contributed by atoms with van der Waals surface area (Å²) in [5.74, 6) is -0.216. The molecule has 1 aromatic heterocycles. The average Bonchev–Trinajstić information content (AvgIpc) is 2.43. The van der Waals surface area contributed by atoms with Gasteiger partial charge in [0.05, 0.1) is 12.8 Å². The van der Waals surface area contributed by atoms with Crippen LogP contribution >= 0.6 is 0 Å². The van der Waals surface area contributed by atoms with Crippen LogP contribution in [-0.4, -0.2) is 28.2 Å². The number of carboxylic acids is 1. The summed E-state index contributed by atoms with van der Waals surface area (Å²) in [5.41, 5.74) is 4.51. The lowest BCUT2D eigenvalue weighted by Crippen LogP contribution is -2.02. The number of nitrogens with zero attached hydrogens (tertiary/aromatic N) is 2. The maximum absolute atomic E-state index is 11.0. The second kappa shape index (κ2) is 5.28. The van der Waals surface area contributed by atoms with E-state index in [1.807, 2.05) is 26.8 Å². The van der Waals surface area contributed by atoms with Crippen molar-refractivity contribution in [3.05, 3.63) is 40.8 Å². The number of methoxy groups -OCH3 is 1. The summed E-state index contributed by atoms with van der Waals surface area (Å²) in [7, 11) is 1.64. The summed E-state index contributed by atoms with van der Waals surface area (Å²) >= 11 is 0. The molecule has 0 amide bonds. The Morgan fingerprint density at radius 1 is 1.15 bits per heavy atom. The molecule has 2 aromatic rings. The molecule has 0 atom stereocenters. The molecule has 2 rings (SSSR count). The van der Waals surface area contributed by atoms with Gasteiger partial charge in [-0.2, -0.15) is 0 Å². The van der Waals surface area contributed by atoms with Crippen molar-refractivity contribution >= 4 is 5.97 Å². The smallest absolute Gasteiger partial charge is 0.354 e. The van der Waals surface area contributed by atoms with Crippen LogP contribution in [0.25, 0.3) is 11.3 Å². The van der Waals surface area contributed by atoms with Crippen LogP contribution in [0.1, 0.15) is 27.2 Å². The number of benzene rings is 1. The van der Waals surface area contributed by atoms with E-state index in [2.05, 4.69) is 9.97 Å². The van der Waals surface area contributed by atoms with E-state index in [1.54, 1.807) is 7.11 Å². The molecule has 0 saturated heterocycles. The number of aromatic nitrogens is 2. The monoisotopic (exact) mass is 272 g/mol. The van der Waals surface area contributed by atoms with E-state index < -0.39 is 5.97 Å². The second-order valence-electron chi connectivity index (χ2n) is 4.62. The minimum Gasteiger partial charge on any atom is -0.496 e. The Morgan fingerprint density at radius 2 is 1.85 bits per heavy atom. The fourth-order valence-electron chi connectivity index (χ4n) is 2.26. The van der Waals surface area contributed by atoms with Gasteiger partial charge in [0, 0.05) is 5.56 Å². The summed E-state index contributed by atoms with van der Waals surface area (Å²) in [6.45, 7) is 5.90. The molecular formula is C15H16N2O3. The van der Waals surface area contributed by atoms with Crippen molar-refractivity contribution < 1.29 is 14.6 Å². The first kappa shape index (κ1) is 14.0. The Morgan fingerprint density at radius 3 is 2.45 bits per heavy atom. The van der Waals surface area contributed by atoms with Gasteiger partial charge in [-0.05, 0) is 49.6 Å². The van der Waals surface area contributed by atoms with Crippen LogP contribution < -0.4 is 4.74 Å². The first-order valence-electron chi connectivity index (χ1n) is 6.16. The molecule has 1 N–H and O–H groups in total. The summed E-state index contributed by atoms with van der Waals surface area (Å²) in [4.78, 5) is 18.9. The number of aryl methyl sites for hydroxylation is 1. The van der Waals surface area contributed by atoms with Crippen LogP contribution in [0.3, 0.4) is 0 Å². The number of rotatable bonds is 3. The Labute approximate surface area is 117 Å². The van der Waals surface area contributed by atoms with Crippen molar-refractivity contribution in [3.8, 4) is 17.0 Å². The Balaban J connectivity index is 2.64. The van der Waals surface area contributed by atoms with E-state index >= 15 is 0 Å². The molecule has 0 aliphatic rings. The largest absolute Gasteiger partial charge is 0.496 e.